The third kappa shape index (κ3) is 1.31. The molecule has 0 amide bonds. The minimum Gasteiger partial charge on any atom is -0.317 e. The summed E-state index contributed by atoms with van der Waals surface area (Å²) < 4.78 is 1.48. The number of halogens is 1. The summed E-state index contributed by atoms with van der Waals surface area (Å²) in [6, 6.07) is 5.29. The van der Waals surface area contributed by atoms with Gasteiger partial charge in [0.15, 0.2) is 0 Å². The second kappa shape index (κ2) is 2.85. The molecule has 4 heteroatoms. The molecule has 0 saturated heterocycles. The van der Waals surface area contributed by atoms with Gasteiger partial charge in [-0.2, -0.15) is 0 Å². The van der Waals surface area contributed by atoms with Crippen LogP contribution in [0.25, 0.3) is 10.9 Å². The van der Waals surface area contributed by atoms with Crippen molar-refractivity contribution in [1.29, 1.82) is 0 Å². The lowest BCUT2D eigenvalue weighted by Gasteiger charge is -1.99. The van der Waals surface area contributed by atoms with Crippen molar-refractivity contribution in [3.8, 4) is 0 Å². The van der Waals surface area contributed by atoms with Gasteiger partial charge >= 0.3 is 0 Å². The molecule has 0 spiro atoms. The highest BCUT2D eigenvalue weighted by Crippen LogP contribution is 2.10. The zero-order valence-corrected chi connectivity index (χ0v) is 7.75. The van der Waals surface area contributed by atoms with Crippen molar-refractivity contribution in [2.24, 2.45) is 7.05 Å². The zero-order chi connectivity index (χ0) is 9.42. The number of hydrogen-bond donors (Lipinski definition) is 0. The minimum absolute atomic E-state index is 0.125. The molecule has 2 aromatic heterocycles. The Morgan fingerprint density at radius 3 is 2.92 bits per heavy atom. The van der Waals surface area contributed by atoms with Gasteiger partial charge < -0.3 is 4.57 Å². The van der Waals surface area contributed by atoms with Gasteiger partial charge in [0.25, 0.3) is 5.56 Å². The van der Waals surface area contributed by atoms with Crippen LogP contribution < -0.4 is 5.56 Å². The number of hydrogen-bond acceptors (Lipinski definition) is 2. The SMILES string of the molecule is Cn1ccc2ccc(Cl)nc2c1=O. The van der Waals surface area contributed by atoms with Crippen molar-refractivity contribution >= 4 is 22.5 Å². The molecule has 13 heavy (non-hydrogen) atoms. The van der Waals surface area contributed by atoms with E-state index in [0.717, 1.165) is 5.39 Å². The van der Waals surface area contributed by atoms with E-state index >= 15 is 0 Å². The van der Waals surface area contributed by atoms with Crippen molar-refractivity contribution in [2.45, 2.75) is 0 Å². The molecule has 0 N–H and O–H groups in total. The van der Waals surface area contributed by atoms with Crippen LogP contribution in [0.4, 0.5) is 0 Å². The largest absolute Gasteiger partial charge is 0.317 e. The highest BCUT2D eigenvalue weighted by Gasteiger charge is 2.01. The van der Waals surface area contributed by atoms with Crippen LogP contribution in [-0.2, 0) is 7.05 Å². The first-order chi connectivity index (χ1) is 6.18. The summed E-state index contributed by atoms with van der Waals surface area (Å²) in [6.45, 7) is 0. The molecule has 0 fully saturated rings. The van der Waals surface area contributed by atoms with Gasteiger partial charge in [-0.1, -0.05) is 11.6 Å². The molecule has 0 aliphatic heterocycles. The highest BCUT2D eigenvalue weighted by atomic mass is 35.5. The molecule has 2 heterocycles. The third-order valence-electron chi connectivity index (χ3n) is 1.89. The predicted molar refractivity (Wildman–Crippen MR) is 52.0 cm³/mol. The number of aromatic nitrogens is 2. The summed E-state index contributed by atoms with van der Waals surface area (Å²) in [5, 5.41) is 1.16. The number of rotatable bonds is 0. The molecule has 2 aromatic rings. The van der Waals surface area contributed by atoms with Crippen LogP contribution in [0.1, 0.15) is 0 Å². The maximum Gasteiger partial charge on any atom is 0.276 e. The first kappa shape index (κ1) is 8.26. The minimum atomic E-state index is -0.125. The maximum atomic E-state index is 11.5. The molecule has 0 aliphatic rings. The quantitative estimate of drug-likeness (QED) is 0.597. The van der Waals surface area contributed by atoms with Crippen molar-refractivity contribution in [3.63, 3.8) is 0 Å². The lowest BCUT2D eigenvalue weighted by molar-refractivity contribution is 0.869. The standard InChI is InChI=1S/C9H7ClN2O/c1-12-5-4-6-2-3-7(10)11-8(6)9(12)13/h2-5H,1H3. The van der Waals surface area contributed by atoms with E-state index in [9.17, 15) is 4.79 Å². The highest BCUT2D eigenvalue weighted by molar-refractivity contribution is 6.29. The second-order valence-electron chi connectivity index (χ2n) is 2.80. The lowest BCUT2D eigenvalue weighted by atomic mass is 10.2. The van der Waals surface area contributed by atoms with Crippen molar-refractivity contribution < 1.29 is 0 Å². The molecule has 0 saturated carbocycles. The van der Waals surface area contributed by atoms with Crippen LogP contribution in [0.3, 0.4) is 0 Å². The summed E-state index contributed by atoms with van der Waals surface area (Å²) in [5.41, 5.74) is 0.289. The van der Waals surface area contributed by atoms with E-state index in [1.165, 1.54) is 4.57 Å². The van der Waals surface area contributed by atoms with Gasteiger partial charge in [0.1, 0.15) is 10.7 Å². The van der Waals surface area contributed by atoms with Gasteiger partial charge in [-0.3, -0.25) is 4.79 Å². The Bertz CT molecular complexity index is 513. The van der Waals surface area contributed by atoms with E-state index in [1.54, 1.807) is 25.4 Å². The van der Waals surface area contributed by atoms with Crippen LogP contribution >= 0.6 is 11.6 Å². The molecular weight excluding hydrogens is 188 g/mol. The molecular formula is C9H7ClN2O. The Hall–Kier alpha value is -1.35. The lowest BCUT2D eigenvalue weighted by Crippen LogP contribution is -2.16. The molecule has 0 unspecified atom stereocenters. The monoisotopic (exact) mass is 194 g/mol. The Labute approximate surface area is 79.6 Å². The molecule has 0 atom stereocenters. The smallest absolute Gasteiger partial charge is 0.276 e. The van der Waals surface area contributed by atoms with E-state index in [1.807, 2.05) is 6.07 Å². The predicted octanol–water partition coefficient (Wildman–Crippen LogP) is 1.59. The molecule has 0 bridgehead atoms. The average molecular weight is 195 g/mol. The first-order valence-electron chi connectivity index (χ1n) is 3.80. The Balaban J connectivity index is 2.97. The second-order valence-corrected chi connectivity index (χ2v) is 3.19. The van der Waals surface area contributed by atoms with E-state index in [-0.39, 0.29) is 5.56 Å². The van der Waals surface area contributed by atoms with Gasteiger partial charge in [0.2, 0.25) is 0 Å². The summed E-state index contributed by atoms with van der Waals surface area (Å²) in [5.74, 6) is 0. The van der Waals surface area contributed by atoms with Crippen LogP contribution in [0.5, 0.6) is 0 Å². The van der Waals surface area contributed by atoms with Crippen LogP contribution in [0.15, 0.2) is 29.2 Å². The fourth-order valence-corrected chi connectivity index (χ4v) is 1.33. The van der Waals surface area contributed by atoms with E-state index in [0.29, 0.717) is 10.7 Å². The van der Waals surface area contributed by atoms with Crippen molar-refractivity contribution in [1.82, 2.24) is 9.55 Å². The average Bonchev–Trinajstić information content (AvgIpc) is 2.12. The topological polar surface area (TPSA) is 34.9 Å². The van der Waals surface area contributed by atoms with Crippen molar-refractivity contribution in [3.05, 3.63) is 39.9 Å². The number of aryl methyl sites for hydroxylation is 1. The summed E-state index contributed by atoms with van der Waals surface area (Å²) >= 11 is 5.68. The Kier molecular flexibility index (Phi) is 1.81. The first-order valence-corrected chi connectivity index (χ1v) is 4.18. The maximum absolute atomic E-state index is 11.5. The normalized spacial score (nSPS) is 10.6. The molecule has 0 radical (unpaired) electrons. The fraction of sp³-hybridized carbons (Fsp3) is 0.111. The van der Waals surface area contributed by atoms with Crippen LogP contribution in [0.2, 0.25) is 5.15 Å². The molecule has 0 aromatic carbocycles. The number of pyridine rings is 2. The Morgan fingerprint density at radius 2 is 2.15 bits per heavy atom. The fourth-order valence-electron chi connectivity index (χ4n) is 1.18. The molecule has 3 nitrogen and oxygen atoms in total. The number of nitrogens with zero attached hydrogens (tertiary/aromatic N) is 2. The summed E-state index contributed by atoms with van der Waals surface area (Å²) in [7, 11) is 1.68. The molecule has 66 valence electrons. The van der Waals surface area contributed by atoms with Crippen LogP contribution in [-0.4, -0.2) is 9.55 Å². The summed E-state index contributed by atoms with van der Waals surface area (Å²) in [4.78, 5) is 15.5. The van der Waals surface area contributed by atoms with E-state index in [2.05, 4.69) is 4.98 Å². The Morgan fingerprint density at radius 1 is 1.38 bits per heavy atom. The van der Waals surface area contributed by atoms with Gasteiger partial charge in [0.05, 0.1) is 0 Å². The zero-order valence-electron chi connectivity index (χ0n) is 6.99. The third-order valence-corrected chi connectivity index (χ3v) is 2.10. The number of fused-ring (bicyclic) bond motifs is 1. The van der Waals surface area contributed by atoms with E-state index in [4.69, 9.17) is 11.6 Å². The van der Waals surface area contributed by atoms with E-state index < -0.39 is 0 Å². The summed E-state index contributed by atoms with van der Waals surface area (Å²) in [6.07, 6.45) is 1.71. The molecule has 2 rings (SSSR count). The van der Waals surface area contributed by atoms with Gasteiger partial charge in [-0.15, -0.1) is 0 Å². The van der Waals surface area contributed by atoms with Gasteiger partial charge in [-0.25, -0.2) is 4.98 Å². The van der Waals surface area contributed by atoms with Crippen LogP contribution in [0, 0.1) is 0 Å². The van der Waals surface area contributed by atoms with Crippen molar-refractivity contribution in [2.75, 3.05) is 0 Å². The van der Waals surface area contributed by atoms with Gasteiger partial charge in [0, 0.05) is 18.6 Å². The molecule has 0 aliphatic carbocycles. The van der Waals surface area contributed by atoms with Gasteiger partial charge in [-0.05, 0) is 18.2 Å².